The maximum absolute atomic E-state index is 10.7. The number of carbonyl (C=O) groups is 2. The van der Waals surface area contributed by atoms with Crippen LogP contribution in [0.1, 0.15) is 12.8 Å². The number of unbranched alkanes of at least 4 members (excludes halogenated alkanes) is 1. The molecule has 0 aliphatic carbocycles. The van der Waals surface area contributed by atoms with Crippen LogP contribution in [0.25, 0.3) is 0 Å². The molecule has 94 valence electrons. The molecule has 0 aromatic rings. The van der Waals surface area contributed by atoms with Gasteiger partial charge in [-0.15, -0.1) is 0 Å². The van der Waals surface area contributed by atoms with Gasteiger partial charge in [0.15, 0.2) is 0 Å². The van der Waals surface area contributed by atoms with Gasteiger partial charge in [-0.2, -0.15) is 0 Å². The minimum atomic E-state index is -0.380. The van der Waals surface area contributed by atoms with Crippen molar-refractivity contribution in [3.8, 4) is 0 Å². The topological polar surface area (TPSA) is 77.3 Å². The van der Waals surface area contributed by atoms with Crippen molar-refractivity contribution >= 4 is 23.7 Å². The molecule has 0 bridgehead atoms. The highest BCUT2D eigenvalue weighted by atomic mass is 16.5. The van der Waals surface area contributed by atoms with Crippen LogP contribution in [0.4, 0.5) is 0 Å². The third kappa shape index (κ3) is 3.65. The van der Waals surface area contributed by atoms with Crippen molar-refractivity contribution < 1.29 is 19.1 Å². The van der Waals surface area contributed by atoms with Gasteiger partial charge < -0.3 is 9.47 Å². The van der Waals surface area contributed by atoms with E-state index in [1.807, 2.05) is 0 Å². The summed E-state index contributed by atoms with van der Waals surface area (Å²) in [6.45, 7) is 1.15. The Morgan fingerprint density at radius 2 is 1.22 bits per heavy atom. The van der Waals surface area contributed by atoms with Crippen molar-refractivity contribution in [2.24, 2.45) is 9.98 Å². The average molecular weight is 248 g/mol. The SMILES string of the molecule is O=C1C=CC(=NCCCCN=C2C=CC(=O)O2)O1. The Labute approximate surface area is 104 Å². The molecular weight excluding hydrogens is 236 g/mol. The monoisotopic (exact) mass is 248 g/mol. The maximum Gasteiger partial charge on any atom is 0.337 e. The number of hydrogen-bond donors (Lipinski definition) is 0. The van der Waals surface area contributed by atoms with Crippen LogP contribution in [-0.2, 0) is 19.1 Å². The van der Waals surface area contributed by atoms with Crippen LogP contribution in [0, 0.1) is 0 Å². The summed E-state index contributed by atoms with van der Waals surface area (Å²) in [7, 11) is 0. The molecule has 0 spiro atoms. The Morgan fingerprint density at radius 1 is 0.778 bits per heavy atom. The summed E-state index contributed by atoms with van der Waals surface area (Å²) in [5.41, 5.74) is 0. The smallest absolute Gasteiger partial charge is 0.337 e. The van der Waals surface area contributed by atoms with E-state index in [1.54, 1.807) is 12.2 Å². The Bertz CT molecular complexity index is 430. The van der Waals surface area contributed by atoms with Crippen molar-refractivity contribution in [3.05, 3.63) is 24.3 Å². The molecule has 6 nitrogen and oxygen atoms in total. The lowest BCUT2D eigenvalue weighted by Crippen LogP contribution is -2.01. The first-order chi connectivity index (χ1) is 8.74. The van der Waals surface area contributed by atoms with E-state index in [9.17, 15) is 9.59 Å². The minimum Gasteiger partial charge on any atom is -0.405 e. The zero-order chi connectivity index (χ0) is 12.8. The molecule has 0 fully saturated rings. The summed E-state index contributed by atoms with van der Waals surface area (Å²) >= 11 is 0. The molecular formula is C12H12N2O4. The number of nitrogens with zero attached hydrogens (tertiary/aromatic N) is 2. The quantitative estimate of drug-likeness (QED) is 0.532. The van der Waals surface area contributed by atoms with Crippen LogP contribution in [0.3, 0.4) is 0 Å². The number of ether oxygens (including phenoxy) is 2. The van der Waals surface area contributed by atoms with E-state index in [-0.39, 0.29) is 11.9 Å². The summed E-state index contributed by atoms with van der Waals surface area (Å²) in [5, 5.41) is 0. The normalized spacial score (nSPS) is 22.0. The Kier molecular flexibility index (Phi) is 4.01. The number of hydrogen-bond acceptors (Lipinski definition) is 6. The van der Waals surface area contributed by atoms with Gasteiger partial charge in [-0.3, -0.25) is 9.98 Å². The van der Waals surface area contributed by atoms with E-state index in [0.717, 1.165) is 12.8 Å². The average Bonchev–Trinajstić information content (AvgIpc) is 2.93. The lowest BCUT2D eigenvalue weighted by atomic mass is 10.3. The fourth-order valence-electron chi connectivity index (χ4n) is 1.39. The van der Waals surface area contributed by atoms with Gasteiger partial charge in [0, 0.05) is 37.4 Å². The lowest BCUT2D eigenvalue weighted by molar-refractivity contribution is -0.130. The third-order valence-corrected chi connectivity index (χ3v) is 2.24. The van der Waals surface area contributed by atoms with Crippen molar-refractivity contribution in [1.82, 2.24) is 0 Å². The lowest BCUT2D eigenvalue weighted by Gasteiger charge is -1.97. The molecule has 0 unspecified atom stereocenters. The molecule has 2 aliphatic rings. The van der Waals surface area contributed by atoms with Crippen LogP contribution in [0.2, 0.25) is 0 Å². The van der Waals surface area contributed by atoms with Crippen LogP contribution in [0.15, 0.2) is 34.3 Å². The van der Waals surface area contributed by atoms with Gasteiger partial charge in [0.25, 0.3) is 0 Å². The summed E-state index contributed by atoms with van der Waals surface area (Å²) in [6, 6.07) is 0. The molecule has 0 amide bonds. The standard InChI is InChI=1S/C12H12N2O4/c15-11-5-3-9(17-11)13-7-1-2-8-14-10-4-6-12(16)18-10/h3-6H,1-2,7-8H2. The number of cyclic esters (lactones) is 2. The summed E-state index contributed by atoms with van der Waals surface area (Å²) < 4.78 is 9.53. The second-order valence-electron chi connectivity index (χ2n) is 3.66. The van der Waals surface area contributed by atoms with Gasteiger partial charge in [0.05, 0.1) is 0 Å². The van der Waals surface area contributed by atoms with E-state index < -0.39 is 0 Å². The second-order valence-corrected chi connectivity index (χ2v) is 3.66. The Balaban J connectivity index is 1.60. The number of aliphatic imine (C=N–C) groups is 2. The number of esters is 2. The highest BCUT2D eigenvalue weighted by Crippen LogP contribution is 2.01. The number of rotatable bonds is 5. The van der Waals surface area contributed by atoms with E-state index in [2.05, 4.69) is 9.98 Å². The van der Waals surface area contributed by atoms with Crippen molar-refractivity contribution in [1.29, 1.82) is 0 Å². The predicted octanol–water partition coefficient (Wildman–Crippen LogP) is 0.790. The van der Waals surface area contributed by atoms with E-state index in [4.69, 9.17) is 9.47 Å². The van der Waals surface area contributed by atoms with E-state index in [0.29, 0.717) is 24.9 Å². The van der Waals surface area contributed by atoms with Crippen molar-refractivity contribution in [2.75, 3.05) is 13.1 Å². The van der Waals surface area contributed by atoms with Crippen LogP contribution >= 0.6 is 0 Å². The van der Waals surface area contributed by atoms with Gasteiger partial charge in [-0.05, 0) is 12.8 Å². The molecule has 2 rings (SSSR count). The maximum atomic E-state index is 10.7. The van der Waals surface area contributed by atoms with Crippen LogP contribution < -0.4 is 0 Å². The molecule has 2 aliphatic heterocycles. The predicted molar refractivity (Wildman–Crippen MR) is 64.3 cm³/mol. The van der Waals surface area contributed by atoms with Gasteiger partial charge in [0.1, 0.15) is 0 Å². The molecule has 6 heteroatoms. The Hall–Kier alpha value is -2.24. The zero-order valence-corrected chi connectivity index (χ0v) is 9.67. The molecule has 0 atom stereocenters. The zero-order valence-electron chi connectivity index (χ0n) is 9.67. The fourth-order valence-corrected chi connectivity index (χ4v) is 1.39. The summed E-state index contributed by atoms with van der Waals surface area (Å²) in [4.78, 5) is 29.6. The van der Waals surface area contributed by atoms with Crippen LogP contribution in [0.5, 0.6) is 0 Å². The first-order valence-electron chi connectivity index (χ1n) is 5.63. The number of carbonyl (C=O) groups excluding carboxylic acids is 2. The molecule has 0 aromatic heterocycles. The van der Waals surface area contributed by atoms with Gasteiger partial charge in [0.2, 0.25) is 11.8 Å². The summed E-state index contributed by atoms with van der Waals surface area (Å²) in [5.74, 6) is -0.0390. The molecule has 2 heterocycles. The van der Waals surface area contributed by atoms with Crippen molar-refractivity contribution in [2.45, 2.75) is 12.8 Å². The van der Waals surface area contributed by atoms with E-state index >= 15 is 0 Å². The minimum absolute atomic E-state index is 0.360. The highest BCUT2D eigenvalue weighted by molar-refractivity contribution is 6.08. The first kappa shape index (κ1) is 12.2. The first-order valence-corrected chi connectivity index (χ1v) is 5.63. The molecule has 0 radical (unpaired) electrons. The van der Waals surface area contributed by atoms with Crippen LogP contribution in [-0.4, -0.2) is 36.8 Å². The van der Waals surface area contributed by atoms with E-state index in [1.165, 1.54) is 12.2 Å². The largest absolute Gasteiger partial charge is 0.405 e. The van der Waals surface area contributed by atoms with Gasteiger partial charge >= 0.3 is 11.9 Å². The molecule has 18 heavy (non-hydrogen) atoms. The van der Waals surface area contributed by atoms with Gasteiger partial charge in [-0.1, -0.05) is 0 Å². The Morgan fingerprint density at radius 3 is 1.56 bits per heavy atom. The molecule has 0 saturated heterocycles. The molecule has 0 aromatic carbocycles. The highest BCUT2D eigenvalue weighted by Gasteiger charge is 2.10. The van der Waals surface area contributed by atoms with Gasteiger partial charge in [-0.25, -0.2) is 9.59 Å². The third-order valence-electron chi connectivity index (χ3n) is 2.24. The molecule has 0 N–H and O–H groups in total. The summed E-state index contributed by atoms with van der Waals surface area (Å²) in [6.07, 6.45) is 7.42. The molecule has 0 saturated carbocycles. The second kappa shape index (κ2) is 5.90. The van der Waals surface area contributed by atoms with Crippen molar-refractivity contribution in [3.63, 3.8) is 0 Å². The fraction of sp³-hybridized carbons (Fsp3) is 0.333.